The van der Waals surface area contributed by atoms with Crippen molar-refractivity contribution >= 4 is 11.8 Å². The lowest BCUT2D eigenvalue weighted by atomic mass is 10.1. The van der Waals surface area contributed by atoms with Crippen molar-refractivity contribution in [1.29, 1.82) is 0 Å². The fourth-order valence-electron chi connectivity index (χ4n) is 1.96. The van der Waals surface area contributed by atoms with Crippen LogP contribution in [0.4, 0.5) is 4.39 Å². The predicted molar refractivity (Wildman–Crippen MR) is 81.1 cm³/mol. The Morgan fingerprint density at radius 1 is 1.47 bits per heavy atom. The summed E-state index contributed by atoms with van der Waals surface area (Å²) in [7, 11) is 4.06. The van der Waals surface area contributed by atoms with Crippen LogP contribution in [0.3, 0.4) is 0 Å². The van der Waals surface area contributed by atoms with Gasteiger partial charge in [0.25, 0.3) is 0 Å². The van der Waals surface area contributed by atoms with Crippen LogP contribution in [0.25, 0.3) is 0 Å². The Bertz CT molecular complexity index is 358. The van der Waals surface area contributed by atoms with E-state index in [1.807, 2.05) is 18.8 Å². The molecule has 0 aliphatic carbocycles. The maximum absolute atomic E-state index is 12.9. The summed E-state index contributed by atoms with van der Waals surface area (Å²) in [6, 6.07) is 3.95. The third kappa shape index (κ3) is 5.47. The third-order valence-corrected chi connectivity index (χ3v) is 4.20. The second-order valence-corrected chi connectivity index (χ2v) is 5.73. The van der Waals surface area contributed by atoms with E-state index in [0.29, 0.717) is 6.04 Å². The molecule has 1 aromatic heterocycles. The van der Waals surface area contributed by atoms with Gasteiger partial charge in [-0.2, -0.15) is 11.8 Å². The summed E-state index contributed by atoms with van der Waals surface area (Å²) in [5.41, 5.74) is 0.898. The van der Waals surface area contributed by atoms with Crippen LogP contribution in [0.2, 0.25) is 0 Å². The van der Waals surface area contributed by atoms with Crippen molar-refractivity contribution in [2.45, 2.75) is 25.4 Å². The van der Waals surface area contributed by atoms with E-state index in [1.165, 1.54) is 12.3 Å². The lowest BCUT2D eigenvalue weighted by molar-refractivity contribution is 0.261. The average Bonchev–Trinajstić information content (AvgIpc) is 2.41. The van der Waals surface area contributed by atoms with E-state index in [-0.39, 0.29) is 11.9 Å². The Morgan fingerprint density at radius 3 is 2.74 bits per heavy atom. The normalized spacial score (nSPS) is 14.6. The highest BCUT2D eigenvalue weighted by atomic mass is 32.2. The van der Waals surface area contributed by atoms with E-state index in [4.69, 9.17) is 0 Å². The molecule has 0 radical (unpaired) electrons. The van der Waals surface area contributed by atoms with E-state index in [2.05, 4.69) is 35.4 Å². The largest absolute Gasteiger partial charge is 0.312 e. The Morgan fingerprint density at radius 2 is 2.21 bits per heavy atom. The predicted octanol–water partition coefficient (Wildman–Crippen LogP) is 2.55. The van der Waals surface area contributed by atoms with E-state index in [1.54, 1.807) is 6.07 Å². The van der Waals surface area contributed by atoms with Gasteiger partial charge in [-0.3, -0.25) is 4.98 Å². The van der Waals surface area contributed by atoms with E-state index >= 15 is 0 Å². The van der Waals surface area contributed by atoms with Crippen LogP contribution in [-0.2, 0) is 0 Å². The Hall–Kier alpha value is -0.650. The van der Waals surface area contributed by atoms with Gasteiger partial charge in [0.1, 0.15) is 5.82 Å². The summed E-state index contributed by atoms with van der Waals surface area (Å²) in [6.45, 7) is 3.23. The van der Waals surface area contributed by atoms with Crippen molar-refractivity contribution in [3.05, 3.63) is 29.8 Å². The molecule has 108 valence electrons. The van der Waals surface area contributed by atoms with Crippen molar-refractivity contribution in [2.24, 2.45) is 0 Å². The summed E-state index contributed by atoms with van der Waals surface area (Å²) in [5.74, 6) is 0.847. The Kier molecular flexibility index (Phi) is 7.34. The lowest BCUT2D eigenvalue weighted by Gasteiger charge is -2.26. The zero-order chi connectivity index (χ0) is 14.3. The maximum atomic E-state index is 12.9. The van der Waals surface area contributed by atoms with Crippen molar-refractivity contribution < 1.29 is 4.39 Å². The molecule has 19 heavy (non-hydrogen) atoms. The molecule has 0 bridgehead atoms. The number of thioether (sulfide) groups is 1. The molecule has 0 saturated heterocycles. The van der Waals surface area contributed by atoms with Crippen molar-refractivity contribution in [3.63, 3.8) is 0 Å². The number of pyridine rings is 1. The van der Waals surface area contributed by atoms with Crippen LogP contribution < -0.4 is 5.32 Å². The Labute approximate surface area is 120 Å². The fraction of sp³-hybridized carbons (Fsp3) is 0.643. The highest BCUT2D eigenvalue weighted by Gasteiger charge is 2.14. The zero-order valence-corrected chi connectivity index (χ0v) is 13.0. The minimum absolute atomic E-state index is 0.171. The number of nitrogens with zero attached hydrogens (tertiary/aromatic N) is 2. The maximum Gasteiger partial charge on any atom is 0.141 e. The topological polar surface area (TPSA) is 28.2 Å². The molecule has 0 amide bonds. The van der Waals surface area contributed by atoms with Gasteiger partial charge in [-0.15, -0.1) is 0 Å². The van der Waals surface area contributed by atoms with Crippen LogP contribution in [0, 0.1) is 5.82 Å². The molecule has 1 rings (SSSR count). The molecule has 5 heteroatoms. The van der Waals surface area contributed by atoms with Gasteiger partial charge in [-0.05, 0) is 45.8 Å². The zero-order valence-electron chi connectivity index (χ0n) is 12.2. The van der Waals surface area contributed by atoms with Gasteiger partial charge in [0.05, 0.1) is 17.9 Å². The number of aromatic nitrogens is 1. The van der Waals surface area contributed by atoms with Crippen LogP contribution in [0.5, 0.6) is 0 Å². The SMILES string of the molecule is CNC(CCN(C)C(C)CSC)c1ccc(F)cn1. The molecule has 0 aromatic carbocycles. The van der Waals surface area contributed by atoms with Crippen molar-refractivity contribution in [1.82, 2.24) is 15.2 Å². The van der Waals surface area contributed by atoms with E-state index < -0.39 is 0 Å². The first kappa shape index (κ1) is 16.4. The molecule has 2 unspecified atom stereocenters. The Balaban J connectivity index is 2.51. The van der Waals surface area contributed by atoms with Crippen LogP contribution in [-0.4, -0.2) is 48.6 Å². The molecule has 1 aromatic rings. The molecule has 0 fully saturated rings. The number of rotatable bonds is 8. The second-order valence-electron chi connectivity index (χ2n) is 4.82. The molecule has 3 nitrogen and oxygen atoms in total. The monoisotopic (exact) mass is 285 g/mol. The lowest BCUT2D eigenvalue weighted by Crippen LogP contribution is -2.34. The highest BCUT2D eigenvalue weighted by molar-refractivity contribution is 7.98. The van der Waals surface area contributed by atoms with Gasteiger partial charge in [-0.25, -0.2) is 4.39 Å². The molecule has 1 N–H and O–H groups in total. The van der Waals surface area contributed by atoms with Crippen molar-refractivity contribution in [3.8, 4) is 0 Å². The highest BCUT2D eigenvalue weighted by Crippen LogP contribution is 2.15. The molecule has 0 saturated carbocycles. The van der Waals surface area contributed by atoms with E-state index in [0.717, 1.165) is 24.4 Å². The second kappa shape index (κ2) is 8.51. The third-order valence-electron chi connectivity index (χ3n) is 3.39. The first-order valence-electron chi connectivity index (χ1n) is 6.56. The van der Waals surface area contributed by atoms with Gasteiger partial charge >= 0.3 is 0 Å². The summed E-state index contributed by atoms with van der Waals surface area (Å²) >= 11 is 1.86. The van der Waals surface area contributed by atoms with Crippen LogP contribution in [0.15, 0.2) is 18.3 Å². The minimum atomic E-state index is -0.288. The van der Waals surface area contributed by atoms with Gasteiger partial charge in [0, 0.05) is 18.3 Å². The number of halogens is 1. The smallest absolute Gasteiger partial charge is 0.141 e. The van der Waals surface area contributed by atoms with Crippen molar-refractivity contribution in [2.75, 3.05) is 32.6 Å². The number of nitrogens with one attached hydrogen (secondary N) is 1. The molecule has 0 aliphatic rings. The minimum Gasteiger partial charge on any atom is -0.312 e. The molecular formula is C14H24FN3S. The molecule has 1 heterocycles. The van der Waals surface area contributed by atoms with Gasteiger partial charge < -0.3 is 10.2 Å². The standard InChI is InChI=1S/C14H24FN3S/c1-11(10-19-4)18(3)8-7-13(16-2)14-6-5-12(15)9-17-14/h5-6,9,11,13,16H,7-8,10H2,1-4H3. The number of hydrogen-bond donors (Lipinski definition) is 1. The van der Waals surface area contributed by atoms with Gasteiger partial charge in [0.2, 0.25) is 0 Å². The van der Waals surface area contributed by atoms with E-state index in [9.17, 15) is 4.39 Å². The fourth-order valence-corrected chi connectivity index (χ4v) is 2.69. The molecule has 2 atom stereocenters. The average molecular weight is 285 g/mol. The summed E-state index contributed by atoms with van der Waals surface area (Å²) in [4.78, 5) is 6.50. The summed E-state index contributed by atoms with van der Waals surface area (Å²) < 4.78 is 12.9. The first-order chi connectivity index (χ1) is 9.08. The molecule has 0 spiro atoms. The number of hydrogen-bond acceptors (Lipinski definition) is 4. The summed E-state index contributed by atoms with van der Waals surface area (Å²) in [6.07, 6.45) is 4.37. The van der Waals surface area contributed by atoms with Gasteiger partial charge in [-0.1, -0.05) is 0 Å². The van der Waals surface area contributed by atoms with Gasteiger partial charge in [0.15, 0.2) is 0 Å². The molecule has 0 aliphatic heterocycles. The first-order valence-corrected chi connectivity index (χ1v) is 7.95. The van der Waals surface area contributed by atoms with Crippen LogP contribution in [0.1, 0.15) is 25.1 Å². The summed E-state index contributed by atoms with van der Waals surface area (Å²) in [5, 5.41) is 3.25. The quantitative estimate of drug-likeness (QED) is 0.794. The van der Waals surface area contributed by atoms with Crippen LogP contribution >= 0.6 is 11.8 Å². The molecular weight excluding hydrogens is 261 g/mol.